The lowest BCUT2D eigenvalue weighted by molar-refractivity contribution is -0.130. The average molecular weight is 267 g/mol. The molecule has 2 aliphatic rings. The van der Waals surface area contributed by atoms with Gasteiger partial charge in [-0.25, -0.2) is 0 Å². The van der Waals surface area contributed by atoms with Crippen LogP contribution in [0.3, 0.4) is 0 Å². The summed E-state index contributed by atoms with van der Waals surface area (Å²) in [6, 6.07) is 0. The van der Waals surface area contributed by atoms with Gasteiger partial charge in [0.25, 0.3) is 0 Å². The van der Waals surface area contributed by atoms with E-state index in [1.807, 2.05) is 0 Å². The molecule has 2 fully saturated rings. The topological polar surface area (TPSA) is 70.2 Å². The lowest BCUT2D eigenvalue weighted by atomic mass is 9.81. The summed E-state index contributed by atoms with van der Waals surface area (Å²) in [7, 11) is 0. The second-order valence-corrected chi connectivity index (χ2v) is 5.78. The van der Waals surface area contributed by atoms with Gasteiger partial charge in [-0.1, -0.05) is 13.3 Å². The highest BCUT2D eigenvalue weighted by Crippen LogP contribution is 2.31. The van der Waals surface area contributed by atoms with Gasteiger partial charge in [-0.05, 0) is 32.2 Å². The maximum absolute atomic E-state index is 12.3. The predicted octanol–water partition coefficient (Wildman–Crippen LogP) is 0.409. The number of carbonyl (C=O) groups excluding carboxylic acids is 2. The minimum Gasteiger partial charge on any atom is -0.354 e. The van der Waals surface area contributed by atoms with E-state index < -0.39 is 0 Å². The van der Waals surface area contributed by atoms with Crippen LogP contribution in [0.5, 0.6) is 0 Å². The van der Waals surface area contributed by atoms with Gasteiger partial charge in [0.15, 0.2) is 0 Å². The van der Waals surface area contributed by atoms with Gasteiger partial charge >= 0.3 is 0 Å². The Morgan fingerprint density at radius 1 is 1.26 bits per heavy atom. The fourth-order valence-corrected chi connectivity index (χ4v) is 2.78. The lowest BCUT2D eigenvalue weighted by Crippen LogP contribution is -2.45. The minimum absolute atomic E-state index is 0.139. The third kappa shape index (κ3) is 3.69. The largest absolute Gasteiger partial charge is 0.354 e. The van der Waals surface area contributed by atoms with Crippen molar-refractivity contribution in [2.45, 2.75) is 39.0 Å². The molecule has 1 saturated heterocycles. The van der Waals surface area contributed by atoms with Crippen molar-refractivity contribution in [2.75, 3.05) is 26.2 Å². The molecule has 1 heterocycles. The first kappa shape index (κ1) is 14.3. The summed E-state index contributed by atoms with van der Waals surface area (Å²) in [6.45, 7) is 4.88. The summed E-state index contributed by atoms with van der Waals surface area (Å²) in [5, 5.41) is 9.12. The highest BCUT2D eigenvalue weighted by atomic mass is 16.2. The average Bonchev–Trinajstić information content (AvgIpc) is 3.15. The molecule has 1 aliphatic carbocycles. The third-order valence-corrected chi connectivity index (χ3v) is 4.11. The molecular formula is C14H25N3O2. The number of amides is 2. The lowest BCUT2D eigenvalue weighted by Gasteiger charge is -2.26. The van der Waals surface area contributed by atoms with E-state index in [9.17, 15) is 9.59 Å². The molecule has 0 radical (unpaired) electrons. The smallest absolute Gasteiger partial charge is 0.227 e. The molecule has 2 amide bonds. The van der Waals surface area contributed by atoms with Crippen molar-refractivity contribution in [1.82, 2.24) is 16.0 Å². The Hall–Kier alpha value is -1.10. The van der Waals surface area contributed by atoms with E-state index in [0.717, 1.165) is 45.2 Å². The maximum Gasteiger partial charge on any atom is 0.227 e. The predicted molar refractivity (Wildman–Crippen MR) is 73.6 cm³/mol. The Morgan fingerprint density at radius 2 is 2.00 bits per heavy atom. The van der Waals surface area contributed by atoms with Crippen LogP contribution in [-0.2, 0) is 9.59 Å². The van der Waals surface area contributed by atoms with Crippen LogP contribution < -0.4 is 16.0 Å². The molecular weight excluding hydrogens is 242 g/mol. The van der Waals surface area contributed by atoms with Crippen molar-refractivity contribution in [1.29, 1.82) is 0 Å². The zero-order valence-electron chi connectivity index (χ0n) is 11.8. The molecule has 1 atom stereocenters. The molecule has 0 aromatic rings. The highest BCUT2D eigenvalue weighted by Gasteiger charge is 2.39. The normalized spacial score (nSPS) is 26.2. The van der Waals surface area contributed by atoms with Crippen molar-refractivity contribution in [2.24, 2.45) is 11.3 Å². The molecule has 0 aromatic heterocycles. The van der Waals surface area contributed by atoms with Gasteiger partial charge in [0.05, 0.1) is 5.41 Å². The molecule has 1 unspecified atom stereocenters. The van der Waals surface area contributed by atoms with E-state index in [-0.39, 0.29) is 23.1 Å². The summed E-state index contributed by atoms with van der Waals surface area (Å²) in [4.78, 5) is 23.7. The summed E-state index contributed by atoms with van der Waals surface area (Å²) in [5.74, 6) is 0.515. The molecule has 2 rings (SSSR count). The van der Waals surface area contributed by atoms with Crippen LogP contribution in [0.2, 0.25) is 0 Å². The fraction of sp³-hybridized carbons (Fsp3) is 0.857. The maximum atomic E-state index is 12.3. The van der Waals surface area contributed by atoms with E-state index in [0.29, 0.717) is 13.1 Å². The van der Waals surface area contributed by atoms with E-state index in [1.54, 1.807) is 0 Å². The van der Waals surface area contributed by atoms with E-state index in [4.69, 9.17) is 0 Å². The number of rotatable bonds is 7. The van der Waals surface area contributed by atoms with Gasteiger partial charge in [0.2, 0.25) is 11.8 Å². The molecule has 0 spiro atoms. The van der Waals surface area contributed by atoms with E-state index >= 15 is 0 Å². The second-order valence-electron chi connectivity index (χ2n) is 5.78. The monoisotopic (exact) mass is 267 g/mol. The first-order chi connectivity index (χ1) is 9.18. The van der Waals surface area contributed by atoms with Crippen LogP contribution in [0.25, 0.3) is 0 Å². The first-order valence-corrected chi connectivity index (χ1v) is 7.45. The molecule has 108 valence electrons. The van der Waals surface area contributed by atoms with Gasteiger partial charge in [-0.15, -0.1) is 0 Å². The van der Waals surface area contributed by atoms with Gasteiger partial charge in [-0.3, -0.25) is 9.59 Å². The van der Waals surface area contributed by atoms with Crippen LogP contribution in [0.4, 0.5) is 0 Å². The molecule has 19 heavy (non-hydrogen) atoms. The molecule has 1 aliphatic heterocycles. The molecule has 3 N–H and O–H groups in total. The van der Waals surface area contributed by atoms with Gasteiger partial charge in [0, 0.05) is 25.6 Å². The summed E-state index contributed by atoms with van der Waals surface area (Å²) in [5.41, 5.74) is -0.227. The highest BCUT2D eigenvalue weighted by molar-refractivity contribution is 5.83. The Labute approximate surface area is 114 Å². The Balaban J connectivity index is 1.68. The summed E-state index contributed by atoms with van der Waals surface area (Å²) >= 11 is 0. The summed E-state index contributed by atoms with van der Waals surface area (Å²) in [6.07, 6.45) is 4.90. The number of carbonyl (C=O) groups is 2. The number of hydrogen-bond donors (Lipinski definition) is 3. The number of nitrogens with one attached hydrogen (secondary N) is 3. The van der Waals surface area contributed by atoms with Gasteiger partial charge < -0.3 is 16.0 Å². The minimum atomic E-state index is -0.227. The van der Waals surface area contributed by atoms with Crippen LogP contribution in [0.15, 0.2) is 0 Å². The molecule has 1 saturated carbocycles. The van der Waals surface area contributed by atoms with E-state index in [1.165, 1.54) is 0 Å². The third-order valence-electron chi connectivity index (χ3n) is 4.11. The van der Waals surface area contributed by atoms with Crippen LogP contribution in [0, 0.1) is 11.3 Å². The number of hydrogen-bond acceptors (Lipinski definition) is 3. The van der Waals surface area contributed by atoms with E-state index in [2.05, 4.69) is 22.9 Å². The van der Waals surface area contributed by atoms with Crippen LogP contribution in [0.1, 0.15) is 39.0 Å². The van der Waals surface area contributed by atoms with Crippen molar-refractivity contribution < 1.29 is 9.59 Å². The first-order valence-electron chi connectivity index (χ1n) is 7.45. The van der Waals surface area contributed by atoms with Crippen molar-refractivity contribution in [3.63, 3.8) is 0 Å². The standard InChI is InChI=1S/C14H25N3O2/c1-2-5-14(6-7-15-10-14)13(19)17-9-8-16-12(18)11-3-4-11/h11,15H,2-10H2,1H3,(H,16,18)(H,17,19). The van der Waals surface area contributed by atoms with Crippen LogP contribution >= 0.6 is 0 Å². The Kier molecular flexibility index (Phi) is 4.80. The van der Waals surface area contributed by atoms with Crippen molar-refractivity contribution in [3.8, 4) is 0 Å². The fourth-order valence-electron chi connectivity index (χ4n) is 2.78. The van der Waals surface area contributed by atoms with Crippen molar-refractivity contribution >= 4 is 11.8 Å². The van der Waals surface area contributed by atoms with Gasteiger partial charge in [-0.2, -0.15) is 0 Å². The van der Waals surface area contributed by atoms with Gasteiger partial charge in [0.1, 0.15) is 0 Å². The van der Waals surface area contributed by atoms with Crippen molar-refractivity contribution in [3.05, 3.63) is 0 Å². The molecule has 0 bridgehead atoms. The zero-order chi connectivity index (χ0) is 13.7. The SMILES string of the molecule is CCCC1(C(=O)NCCNC(=O)C2CC2)CCNC1. The summed E-state index contributed by atoms with van der Waals surface area (Å²) < 4.78 is 0. The molecule has 5 heteroatoms. The second kappa shape index (κ2) is 6.37. The Morgan fingerprint density at radius 3 is 2.58 bits per heavy atom. The quantitative estimate of drug-likeness (QED) is 0.585. The van der Waals surface area contributed by atoms with Crippen LogP contribution in [-0.4, -0.2) is 38.0 Å². The Bertz CT molecular complexity index is 334. The zero-order valence-corrected chi connectivity index (χ0v) is 11.8. The molecule has 5 nitrogen and oxygen atoms in total. The molecule has 0 aromatic carbocycles.